The second-order valence-corrected chi connectivity index (χ2v) is 4.60. The quantitative estimate of drug-likeness (QED) is 0.619. The van der Waals surface area contributed by atoms with E-state index >= 15 is 0 Å². The fourth-order valence-corrected chi connectivity index (χ4v) is 2.94. The lowest BCUT2D eigenvalue weighted by Gasteiger charge is -1.81. The van der Waals surface area contributed by atoms with E-state index in [2.05, 4.69) is 24.7 Å². The summed E-state index contributed by atoms with van der Waals surface area (Å²) in [5.41, 5.74) is 1.70. The SMILES string of the molecule is [B]c1sc(Br)c2c1N=S=N2. The van der Waals surface area contributed by atoms with E-state index in [4.69, 9.17) is 7.85 Å². The van der Waals surface area contributed by atoms with Crippen LogP contribution in [0.5, 0.6) is 0 Å². The van der Waals surface area contributed by atoms with Gasteiger partial charge in [-0.3, -0.25) is 0 Å². The summed E-state index contributed by atoms with van der Waals surface area (Å²) in [5.74, 6) is 0. The zero-order valence-electron chi connectivity index (χ0n) is 4.67. The highest BCUT2D eigenvalue weighted by Crippen LogP contribution is 2.41. The third kappa shape index (κ3) is 0.827. The van der Waals surface area contributed by atoms with Crippen LogP contribution >= 0.6 is 27.3 Å². The molecule has 0 aliphatic carbocycles. The maximum absolute atomic E-state index is 5.61. The van der Waals surface area contributed by atoms with Crippen molar-refractivity contribution in [3.63, 3.8) is 0 Å². The van der Waals surface area contributed by atoms with Gasteiger partial charge in [-0.1, -0.05) is 0 Å². The van der Waals surface area contributed by atoms with Gasteiger partial charge in [0.25, 0.3) is 0 Å². The van der Waals surface area contributed by atoms with Gasteiger partial charge in [-0.15, -0.1) is 11.3 Å². The van der Waals surface area contributed by atoms with Gasteiger partial charge in [-0.05, 0) is 20.7 Å². The largest absolute Gasteiger partial charge is 0.173 e. The van der Waals surface area contributed by atoms with Crippen molar-refractivity contribution in [2.45, 2.75) is 0 Å². The van der Waals surface area contributed by atoms with Gasteiger partial charge < -0.3 is 0 Å². The lowest BCUT2D eigenvalue weighted by Crippen LogP contribution is -1.91. The molecule has 0 aromatic carbocycles. The molecule has 2 rings (SSSR count). The molecule has 0 saturated carbocycles. The van der Waals surface area contributed by atoms with Crippen LogP contribution in [0.2, 0.25) is 0 Å². The summed E-state index contributed by atoms with van der Waals surface area (Å²) in [7, 11) is 5.61. The molecule has 0 bridgehead atoms. The fraction of sp³-hybridized carbons (Fsp3) is 0. The summed E-state index contributed by atoms with van der Waals surface area (Å²) in [6.45, 7) is 0. The lowest BCUT2D eigenvalue weighted by atomic mass is 10.1. The van der Waals surface area contributed by atoms with Crippen molar-refractivity contribution in [2.75, 3.05) is 0 Å². The first-order valence-electron chi connectivity index (χ1n) is 2.45. The van der Waals surface area contributed by atoms with E-state index in [-0.39, 0.29) is 0 Å². The molecule has 6 heteroatoms. The van der Waals surface area contributed by atoms with E-state index in [0.717, 1.165) is 19.9 Å². The van der Waals surface area contributed by atoms with E-state index in [0.29, 0.717) is 0 Å². The Kier molecular flexibility index (Phi) is 1.54. The van der Waals surface area contributed by atoms with Crippen molar-refractivity contribution in [3.8, 4) is 0 Å². The van der Waals surface area contributed by atoms with Crippen molar-refractivity contribution in [1.82, 2.24) is 0 Å². The number of hydrogen-bond donors (Lipinski definition) is 0. The zero-order chi connectivity index (χ0) is 7.14. The van der Waals surface area contributed by atoms with Gasteiger partial charge in [0.15, 0.2) is 0 Å². The van der Waals surface area contributed by atoms with Crippen LogP contribution < -0.4 is 4.78 Å². The van der Waals surface area contributed by atoms with E-state index < -0.39 is 0 Å². The van der Waals surface area contributed by atoms with Gasteiger partial charge in [0, 0.05) is 0 Å². The molecule has 0 N–H and O–H groups in total. The lowest BCUT2D eigenvalue weighted by molar-refractivity contribution is 1.62. The van der Waals surface area contributed by atoms with Crippen LogP contribution in [0, 0.1) is 0 Å². The third-order valence-electron chi connectivity index (χ3n) is 1.11. The van der Waals surface area contributed by atoms with Gasteiger partial charge in [0.2, 0.25) is 0 Å². The third-order valence-corrected chi connectivity index (χ3v) is 3.28. The molecule has 0 unspecified atom stereocenters. The number of fused-ring (bicyclic) bond motifs is 1. The highest BCUT2D eigenvalue weighted by Gasteiger charge is 2.14. The Labute approximate surface area is 75.1 Å². The Morgan fingerprint density at radius 3 is 2.70 bits per heavy atom. The molecular weight excluding hydrogens is 231 g/mol. The summed E-state index contributed by atoms with van der Waals surface area (Å²) < 4.78 is 9.78. The second kappa shape index (κ2) is 2.28. The minimum absolute atomic E-state index is 0.732. The average Bonchev–Trinajstić information content (AvgIpc) is 2.39. The van der Waals surface area contributed by atoms with Crippen LogP contribution in [0.15, 0.2) is 12.5 Å². The first kappa shape index (κ1) is 6.76. The van der Waals surface area contributed by atoms with Gasteiger partial charge >= 0.3 is 0 Å². The van der Waals surface area contributed by atoms with Crippen molar-refractivity contribution in [1.29, 1.82) is 0 Å². The Bertz CT molecular complexity index is 324. The Morgan fingerprint density at radius 1 is 1.30 bits per heavy atom. The number of halogens is 1. The van der Waals surface area contributed by atoms with Crippen molar-refractivity contribution >= 4 is 62.6 Å². The number of rotatable bonds is 0. The monoisotopic (exact) mass is 230 g/mol. The second-order valence-electron chi connectivity index (χ2n) is 1.70. The van der Waals surface area contributed by atoms with Crippen molar-refractivity contribution in [2.24, 2.45) is 8.73 Å². The first-order valence-corrected chi connectivity index (χ1v) is 4.79. The molecule has 48 valence electrons. The Balaban J connectivity index is 2.77. The minimum Gasteiger partial charge on any atom is -0.173 e. The van der Waals surface area contributed by atoms with Crippen LogP contribution in [0.25, 0.3) is 0 Å². The van der Waals surface area contributed by atoms with Gasteiger partial charge in [0.05, 0.1) is 15.1 Å². The molecule has 2 heterocycles. The average molecular weight is 231 g/mol. The molecule has 0 spiro atoms. The van der Waals surface area contributed by atoms with E-state index in [1.165, 1.54) is 22.7 Å². The molecule has 10 heavy (non-hydrogen) atoms. The maximum Gasteiger partial charge on any atom is 0.132 e. The predicted molar refractivity (Wildman–Crippen MR) is 48.9 cm³/mol. The van der Waals surface area contributed by atoms with Gasteiger partial charge in [0.1, 0.15) is 19.2 Å². The molecule has 2 radical (unpaired) electrons. The molecule has 2 nitrogen and oxygen atoms in total. The number of thiophene rings is 1. The van der Waals surface area contributed by atoms with Crippen LogP contribution in [0.4, 0.5) is 11.4 Å². The van der Waals surface area contributed by atoms with E-state index in [1.54, 1.807) is 0 Å². The smallest absolute Gasteiger partial charge is 0.132 e. The summed E-state index contributed by atoms with van der Waals surface area (Å²) in [5, 5.41) is 0. The summed E-state index contributed by atoms with van der Waals surface area (Å²) >= 11 is 5.99. The minimum atomic E-state index is 0.732. The van der Waals surface area contributed by atoms with Crippen LogP contribution in [-0.4, -0.2) is 7.85 Å². The van der Waals surface area contributed by atoms with Crippen LogP contribution in [-0.2, 0) is 11.4 Å². The van der Waals surface area contributed by atoms with E-state index in [1.807, 2.05) is 0 Å². The van der Waals surface area contributed by atoms with E-state index in [9.17, 15) is 0 Å². The molecule has 0 amide bonds. The zero-order valence-corrected chi connectivity index (χ0v) is 7.89. The molecule has 0 atom stereocenters. The summed E-state index contributed by atoms with van der Waals surface area (Å²) in [6, 6.07) is 0. The molecule has 1 aromatic heterocycles. The molecule has 1 aliphatic rings. The highest BCUT2D eigenvalue weighted by atomic mass is 79.9. The summed E-state index contributed by atoms with van der Waals surface area (Å²) in [4.78, 5) is 0. The van der Waals surface area contributed by atoms with Crippen LogP contribution in [0.3, 0.4) is 0 Å². The molecular formula is C4BBrN2S2. The highest BCUT2D eigenvalue weighted by molar-refractivity contribution is 9.11. The predicted octanol–water partition coefficient (Wildman–Crippen LogP) is 2.03. The number of hydrogen-bond acceptors (Lipinski definition) is 3. The topological polar surface area (TPSA) is 24.7 Å². The molecule has 0 fully saturated rings. The standard InChI is InChI=1S/C4BBrN2S2/c5-3-1-2(4(6)9-3)8-10-7-1. The Morgan fingerprint density at radius 2 is 2.00 bits per heavy atom. The van der Waals surface area contributed by atoms with Crippen molar-refractivity contribution < 1.29 is 0 Å². The maximum atomic E-state index is 5.61. The molecule has 0 saturated heterocycles. The normalized spacial score (nSPS) is 13.3. The number of nitrogens with zero attached hydrogens (tertiary/aromatic N) is 2. The van der Waals surface area contributed by atoms with Crippen molar-refractivity contribution in [3.05, 3.63) is 3.79 Å². The van der Waals surface area contributed by atoms with Crippen LogP contribution in [0.1, 0.15) is 0 Å². The van der Waals surface area contributed by atoms with Gasteiger partial charge in [-0.25, -0.2) is 0 Å². The molecule has 1 aliphatic heterocycles. The molecule has 1 aromatic rings. The van der Waals surface area contributed by atoms with Gasteiger partial charge in [-0.2, -0.15) is 8.73 Å². The fourth-order valence-electron chi connectivity index (χ4n) is 0.672. The Hall–Kier alpha value is 0.0649. The first-order chi connectivity index (χ1) is 4.79. The summed E-state index contributed by atoms with van der Waals surface area (Å²) in [6.07, 6.45) is 0.